The monoisotopic (exact) mass is 386 g/mol. The highest BCUT2D eigenvalue weighted by Gasteiger charge is 2.30. The van der Waals surface area contributed by atoms with Crippen LogP contribution in [-0.2, 0) is 27.0 Å². The molecule has 0 aliphatic carbocycles. The van der Waals surface area contributed by atoms with E-state index in [9.17, 15) is 13.2 Å². The maximum Gasteiger partial charge on any atom is 0.241 e. The van der Waals surface area contributed by atoms with Crippen molar-refractivity contribution < 1.29 is 13.2 Å². The van der Waals surface area contributed by atoms with Crippen molar-refractivity contribution in [1.82, 2.24) is 9.62 Å². The lowest BCUT2D eigenvalue weighted by Gasteiger charge is -2.24. The van der Waals surface area contributed by atoms with Crippen molar-refractivity contribution in [2.75, 3.05) is 13.1 Å². The molecule has 1 N–H and O–H groups in total. The van der Waals surface area contributed by atoms with Gasteiger partial charge in [0, 0.05) is 13.1 Å². The molecule has 1 heterocycles. The van der Waals surface area contributed by atoms with Crippen LogP contribution in [0, 0.1) is 6.92 Å². The first-order chi connectivity index (χ1) is 12.9. The fourth-order valence-corrected chi connectivity index (χ4v) is 4.79. The molecule has 1 saturated heterocycles. The van der Waals surface area contributed by atoms with Crippen LogP contribution in [0.3, 0.4) is 0 Å². The Bertz CT molecular complexity index is 875. The van der Waals surface area contributed by atoms with Gasteiger partial charge in [0.1, 0.15) is 6.04 Å². The molecular formula is C21H26N2O3S. The summed E-state index contributed by atoms with van der Waals surface area (Å²) >= 11 is 0. The van der Waals surface area contributed by atoms with Crippen LogP contribution in [0.5, 0.6) is 0 Å². The number of amides is 1. The third-order valence-electron chi connectivity index (χ3n) is 4.76. The van der Waals surface area contributed by atoms with E-state index in [1.54, 1.807) is 11.0 Å². The minimum Gasteiger partial charge on any atom is -0.341 e. The lowest BCUT2D eigenvalue weighted by atomic mass is 10.1. The molecule has 0 aromatic heterocycles. The van der Waals surface area contributed by atoms with Gasteiger partial charge in [0.25, 0.3) is 0 Å². The van der Waals surface area contributed by atoms with Crippen LogP contribution < -0.4 is 4.72 Å². The Hall–Kier alpha value is -2.18. The van der Waals surface area contributed by atoms with E-state index in [0.29, 0.717) is 19.5 Å². The molecule has 3 rings (SSSR count). The van der Waals surface area contributed by atoms with Crippen LogP contribution in [0.1, 0.15) is 29.5 Å². The Morgan fingerprint density at radius 1 is 1.04 bits per heavy atom. The number of aryl methyl sites for hydroxylation is 1. The summed E-state index contributed by atoms with van der Waals surface area (Å²) in [7, 11) is -3.64. The molecule has 27 heavy (non-hydrogen) atoms. The predicted octanol–water partition coefficient (Wildman–Crippen LogP) is 2.65. The first-order valence-electron chi connectivity index (χ1n) is 9.31. The van der Waals surface area contributed by atoms with Crippen molar-refractivity contribution in [3.8, 4) is 0 Å². The average molecular weight is 387 g/mol. The number of nitrogens with zero attached hydrogens (tertiary/aromatic N) is 1. The van der Waals surface area contributed by atoms with E-state index in [0.717, 1.165) is 29.5 Å². The van der Waals surface area contributed by atoms with Crippen molar-refractivity contribution in [1.29, 1.82) is 0 Å². The highest BCUT2D eigenvalue weighted by molar-refractivity contribution is 7.88. The number of sulfonamides is 1. The predicted molar refractivity (Wildman–Crippen MR) is 107 cm³/mol. The second kappa shape index (κ2) is 8.67. The second-order valence-corrected chi connectivity index (χ2v) is 8.89. The number of carbonyl (C=O) groups excluding carboxylic acids is 1. The Kier molecular flexibility index (Phi) is 6.29. The van der Waals surface area contributed by atoms with Gasteiger partial charge in [-0.3, -0.25) is 4.79 Å². The molecule has 1 amide bonds. The van der Waals surface area contributed by atoms with Crippen molar-refractivity contribution in [3.63, 3.8) is 0 Å². The number of carbonyl (C=O) groups is 1. The van der Waals surface area contributed by atoms with Crippen LogP contribution in [0.2, 0.25) is 0 Å². The maximum atomic E-state index is 12.9. The Labute approximate surface area is 161 Å². The molecule has 144 valence electrons. The van der Waals surface area contributed by atoms with E-state index in [4.69, 9.17) is 0 Å². The topological polar surface area (TPSA) is 66.5 Å². The summed E-state index contributed by atoms with van der Waals surface area (Å²) in [6.07, 6.45) is 2.29. The summed E-state index contributed by atoms with van der Waals surface area (Å²) in [6, 6.07) is 16.2. The molecule has 1 aliphatic heterocycles. The number of likely N-dealkylation sites (tertiary alicyclic amines) is 1. The average Bonchev–Trinajstić information content (AvgIpc) is 3.15. The SMILES string of the molecule is Cc1cccc(CS(=O)(=O)N[C@@H](Cc2ccccc2)C(=O)N2CCCC2)c1. The first-order valence-corrected chi connectivity index (χ1v) is 11.0. The quantitative estimate of drug-likeness (QED) is 0.796. The van der Waals surface area contributed by atoms with Crippen LogP contribution in [0.15, 0.2) is 54.6 Å². The molecule has 0 unspecified atom stereocenters. The van der Waals surface area contributed by atoms with Crippen molar-refractivity contribution in [3.05, 3.63) is 71.3 Å². The molecule has 2 aromatic rings. The van der Waals surface area contributed by atoms with Gasteiger partial charge in [-0.05, 0) is 37.3 Å². The number of nitrogens with one attached hydrogen (secondary N) is 1. The van der Waals surface area contributed by atoms with Gasteiger partial charge in [-0.2, -0.15) is 0 Å². The zero-order valence-electron chi connectivity index (χ0n) is 15.6. The van der Waals surface area contributed by atoms with Gasteiger partial charge in [0.2, 0.25) is 15.9 Å². The molecular weight excluding hydrogens is 360 g/mol. The van der Waals surface area contributed by atoms with E-state index >= 15 is 0 Å². The summed E-state index contributed by atoms with van der Waals surface area (Å²) in [4.78, 5) is 14.7. The van der Waals surface area contributed by atoms with Gasteiger partial charge in [-0.25, -0.2) is 13.1 Å². The molecule has 2 aromatic carbocycles. The summed E-state index contributed by atoms with van der Waals surface area (Å²) in [5.74, 6) is -0.267. The van der Waals surface area contributed by atoms with Gasteiger partial charge in [-0.1, -0.05) is 60.2 Å². The van der Waals surface area contributed by atoms with Crippen LogP contribution >= 0.6 is 0 Å². The van der Waals surface area contributed by atoms with Crippen LogP contribution in [0.4, 0.5) is 0 Å². The Morgan fingerprint density at radius 2 is 1.70 bits per heavy atom. The minimum atomic E-state index is -3.64. The molecule has 1 aliphatic rings. The van der Waals surface area contributed by atoms with Crippen molar-refractivity contribution in [2.24, 2.45) is 0 Å². The maximum absolute atomic E-state index is 12.9. The Morgan fingerprint density at radius 3 is 2.37 bits per heavy atom. The number of hydrogen-bond donors (Lipinski definition) is 1. The number of hydrogen-bond acceptors (Lipinski definition) is 3. The van der Waals surface area contributed by atoms with E-state index in [2.05, 4.69) is 4.72 Å². The van der Waals surface area contributed by atoms with Gasteiger partial charge in [-0.15, -0.1) is 0 Å². The van der Waals surface area contributed by atoms with Gasteiger partial charge in [0.05, 0.1) is 5.75 Å². The number of rotatable bonds is 7. The number of benzene rings is 2. The lowest BCUT2D eigenvalue weighted by Crippen LogP contribution is -2.49. The molecule has 6 heteroatoms. The largest absolute Gasteiger partial charge is 0.341 e. The van der Waals surface area contributed by atoms with Gasteiger partial charge >= 0.3 is 0 Å². The van der Waals surface area contributed by atoms with Gasteiger partial charge < -0.3 is 4.90 Å². The van der Waals surface area contributed by atoms with Crippen molar-refractivity contribution in [2.45, 2.75) is 38.0 Å². The highest BCUT2D eigenvalue weighted by atomic mass is 32.2. The van der Waals surface area contributed by atoms with E-state index in [1.165, 1.54) is 0 Å². The summed E-state index contributed by atoms with van der Waals surface area (Å²) in [5.41, 5.74) is 2.67. The molecule has 1 fully saturated rings. The third-order valence-corrected chi connectivity index (χ3v) is 6.12. The summed E-state index contributed by atoms with van der Waals surface area (Å²) in [5, 5.41) is 0. The summed E-state index contributed by atoms with van der Waals surface area (Å²) < 4.78 is 28.2. The Balaban J connectivity index is 1.77. The molecule has 0 bridgehead atoms. The first kappa shape index (κ1) is 19.6. The van der Waals surface area contributed by atoms with Gasteiger partial charge in [0.15, 0.2) is 0 Å². The zero-order chi connectivity index (χ0) is 19.3. The summed E-state index contributed by atoms with van der Waals surface area (Å²) in [6.45, 7) is 3.33. The van der Waals surface area contributed by atoms with Crippen molar-refractivity contribution >= 4 is 15.9 Å². The van der Waals surface area contributed by atoms with E-state index < -0.39 is 16.1 Å². The second-order valence-electron chi connectivity index (χ2n) is 7.14. The molecule has 5 nitrogen and oxygen atoms in total. The lowest BCUT2D eigenvalue weighted by molar-refractivity contribution is -0.131. The fraction of sp³-hybridized carbons (Fsp3) is 0.381. The standard InChI is InChI=1S/C21H26N2O3S/c1-17-8-7-11-19(14-17)16-27(25,26)22-20(15-18-9-3-2-4-10-18)21(24)23-12-5-6-13-23/h2-4,7-11,14,20,22H,5-6,12-13,15-16H2,1H3/t20-/m0/s1. The van der Waals surface area contributed by atoms with Crippen LogP contribution in [-0.4, -0.2) is 38.4 Å². The highest BCUT2D eigenvalue weighted by Crippen LogP contribution is 2.14. The smallest absolute Gasteiger partial charge is 0.241 e. The molecule has 0 spiro atoms. The van der Waals surface area contributed by atoms with E-state index in [-0.39, 0.29) is 11.7 Å². The van der Waals surface area contributed by atoms with E-state index in [1.807, 2.05) is 55.5 Å². The minimum absolute atomic E-state index is 0.132. The molecule has 1 atom stereocenters. The van der Waals surface area contributed by atoms with Crippen LogP contribution in [0.25, 0.3) is 0 Å². The molecule has 0 saturated carbocycles. The normalized spacial score (nSPS) is 15.7. The third kappa shape index (κ3) is 5.65. The zero-order valence-corrected chi connectivity index (χ0v) is 16.4. The molecule has 0 radical (unpaired) electrons. The fourth-order valence-electron chi connectivity index (χ4n) is 3.47.